The molecule has 0 aromatic rings. The molecule has 5 heteroatoms. The number of rotatable bonds is 1. The van der Waals surface area contributed by atoms with Crippen LogP contribution in [0.2, 0.25) is 0 Å². The first-order chi connectivity index (χ1) is 5.98. The fourth-order valence-corrected chi connectivity index (χ4v) is 3.35. The molecular weight excluding hydrogens is 190 g/mol. The van der Waals surface area contributed by atoms with Gasteiger partial charge in [0.2, 0.25) is 10.0 Å². The maximum absolute atomic E-state index is 11.3. The highest BCUT2D eigenvalue weighted by Crippen LogP contribution is 2.37. The molecule has 1 N–H and O–H groups in total. The third-order valence-corrected chi connectivity index (χ3v) is 4.46. The van der Waals surface area contributed by atoms with Gasteiger partial charge in [-0.3, -0.25) is 0 Å². The molecule has 2 rings (SSSR count). The number of hydrogen-bond acceptors (Lipinski definition) is 3. The van der Waals surface area contributed by atoms with Gasteiger partial charge in [0.1, 0.15) is 0 Å². The summed E-state index contributed by atoms with van der Waals surface area (Å²) in [6.07, 6.45) is 2.91. The van der Waals surface area contributed by atoms with Crippen LogP contribution in [0.1, 0.15) is 12.8 Å². The second-order valence-electron chi connectivity index (χ2n) is 4.17. The lowest BCUT2D eigenvalue weighted by molar-refractivity contribution is 0.0443. The van der Waals surface area contributed by atoms with Crippen LogP contribution >= 0.6 is 0 Å². The Balaban J connectivity index is 2.16. The van der Waals surface area contributed by atoms with Crippen molar-refractivity contribution in [2.24, 2.45) is 11.8 Å². The number of aliphatic hydroxyl groups is 1. The Morgan fingerprint density at radius 2 is 1.69 bits per heavy atom. The van der Waals surface area contributed by atoms with Crippen LogP contribution < -0.4 is 0 Å². The van der Waals surface area contributed by atoms with Crippen LogP contribution in [0.25, 0.3) is 0 Å². The maximum Gasteiger partial charge on any atom is 0.211 e. The van der Waals surface area contributed by atoms with Crippen molar-refractivity contribution < 1.29 is 13.5 Å². The highest BCUT2D eigenvalue weighted by Gasteiger charge is 2.43. The Bertz CT molecular complexity index is 287. The summed E-state index contributed by atoms with van der Waals surface area (Å²) in [6, 6.07) is 0. The molecule has 0 amide bonds. The SMILES string of the molecule is CS(=O)(=O)N1CC2CCC(C1)C2O. The van der Waals surface area contributed by atoms with Crippen molar-refractivity contribution in [2.45, 2.75) is 18.9 Å². The van der Waals surface area contributed by atoms with E-state index in [0.29, 0.717) is 13.1 Å². The molecule has 2 fully saturated rings. The van der Waals surface area contributed by atoms with Crippen LogP contribution in [0.4, 0.5) is 0 Å². The number of fused-ring (bicyclic) bond motifs is 2. The molecule has 0 spiro atoms. The summed E-state index contributed by atoms with van der Waals surface area (Å²) in [5, 5.41) is 9.67. The Morgan fingerprint density at radius 1 is 1.23 bits per heavy atom. The smallest absolute Gasteiger partial charge is 0.211 e. The lowest BCUT2D eigenvalue weighted by Crippen LogP contribution is -2.46. The van der Waals surface area contributed by atoms with E-state index >= 15 is 0 Å². The summed E-state index contributed by atoms with van der Waals surface area (Å²) in [4.78, 5) is 0. The zero-order valence-corrected chi connectivity index (χ0v) is 8.50. The lowest BCUT2D eigenvalue weighted by Gasteiger charge is -2.33. The number of piperidine rings is 1. The quantitative estimate of drug-likeness (QED) is 0.636. The number of aliphatic hydroxyl groups excluding tert-OH is 1. The summed E-state index contributed by atoms with van der Waals surface area (Å²) >= 11 is 0. The van der Waals surface area contributed by atoms with Gasteiger partial charge < -0.3 is 5.11 Å². The third kappa shape index (κ3) is 1.60. The zero-order valence-electron chi connectivity index (χ0n) is 7.68. The van der Waals surface area contributed by atoms with E-state index in [0.717, 1.165) is 12.8 Å². The zero-order chi connectivity index (χ0) is 9.64. The molecule has 1 heterocycles. The summed E-state index contributed by atoms with van der Waals surface area (Å²) in [6.45, 7) is 1.02. The first-order valence-electron chi connectivity index (χ1n) is 4.61. The van der Waals surface area contributed by atoms with Crippen molar-refractivity contribution in [1.29, 1.82) is 0 Å². The Morgan fingerprint density at radius 3 is 2.08 bits per heavy atom. The largest absolute Gasteiger partial charge is 0.392 e. The van der Waals surface area contributed by atoms with E-state index in [1.165, 1.54) is 10.6 Å². The van der Waals surface area contributed by atoms with Crippen LogP contribution in [-0.2, 0) is 10.0 Å². The van der Waals surface area contributed by atoms with E-state index in [2.05, 4.69) is 0 Å². The lowest BCUT2D eigenvalue weighted by atomic mass is 9.97. The first-order valence-corrected chi connectivity index (χ1v) is 6.46. The van der Waals surface area contributed by atoms with Gasteiger partial charge in [0, 0.05) is 13.1 Å². The summed E-state index contributed by atoms with van der Waals surface area (Å²) < 4.78 is 24.0. The summed E-state index contributed by atoms with van der Waals surface area (Å²) in [5.41, 5.74) is 0. The standard InChI is InChI=1S/C8H15NO3S/c1-13(11,12)9-4-6-2-3-7(5-9)8(6)10/h6-8,10H,2-5H2,1H3. The van der Waals surface area contributed by atoms with Crippen LogP contribution in [-0.4, -0.2) is 43.3 Å². The molecule has 0 radical (unpaired) electrons. The molecule has 0 aromatic heterocycles. The molecule has 1 aliphatic heterocycles. The molecule has 76 valence electrons. The first kappa shape index (κ1) is 9.43. The van der Waals surface area contributed by atoms with E-state index in [4.69, 9.17) is 0 Å². The average molecular weight is 205 g/mol. The molecule has 1 saturated heterocycles. The predicted molar refractivity (Wildman–Crippen MR) is 48.6 cm³/mol. The van der Waals surface area contributed by atoms with E-state index in [9.17, 15) is 13.5 Å². The fourth-order valence-electron chi connectivity index (χ4n) is 2.42. The number of nitrogens with zero attached hydrogens (tertiary/aromatic N) is 1. The Hall–Kier alpha value is -0.130. The third-order valence-electron chi connectivity index (χ3n) is 3.22. The average Bonchev–Trinajstić information content (AvgIpc) is 2.29. The second-order valence-corrected chi connectivity index (χ2v) is 6.15. The molecule has 1 saturated carbocycles. The van der Waals surface area contributed by atoms with E-state index in [1.807, 2.05) is 0 Å². The molecule has 2 atom stereocenters. The van der Waals surface area contributed by atoms with Gasteiger partial charge in [-0.05, 0) is 24.7 Å². The van der Waals surface area contributed by atoms with Gasteiger partial charge in [-0.25, -0.2) is 12.7 Å². The molecule has 2 unspecified atom stereocenters. The molecule has 13 heavy (non-hydrogen) atoms. The minimum absolute atomic E-state index is 0.175. The second kappa shape index (κ2) is 2.93. The van der Waals surface area contributed by atoms with Gasteiger partial charge in [0.25, 0.3) is 0 Å². The molecule has 2 bridgehead atoms. The van der Waals surface area contributed by atoms with Crippen LogP contribution in [0, 0.1) is 11.8 Å². The summed E-state index contributed by atoms with van der Waals surface area (Å²) in [5.74, 6) is 0.349. The topological polar surface area (TPSA) is 57.6 Å². The predicted octanol–water partition coefficient (Wildman–Crippen LogP) is -0.351. The van der Waals surface area contributed by atoms with Gasteiger partial charge in [0.05, 0.1) is 12.4 Å². The van der Waals surface area contributed by atoms with Crippen molar-refractivity contribution in [1.82, 2.24) is 4.31 Å². The summed E-state index contributed by atoms with van der Waals surface area (Å²) in [7, 11) is -3.05. The van der Waals surface area contributed by atoms with Crippen molar-refractivity contribution in [3.63, 3.8) is 0 Å². The molecule has 0 aromatic carbocycles. The van der Waals surface area contributed by atoms with Crippen molar-refractivity contribution in [3.05, 3.63) is 0 Å². The highest BCUT2D eigenvalue weighted by molar-refractivity contribution is 7.88. The Labute approximate surface area is 78.6 Å². The van der Waals surface area contributed by atoms with Crippen molar-refractivity contribution in [2.75, 3.05) is 19.3 Å². The fraction of sp³-hybridized carbons (Fsp3) is 1.00. The molecular formula is C8H15NO3S. The van der Waals surface area contributed by atoms with E-state index in [1.54, 1.807) is 0 Å². The van der Waals surface area contributed by atoms with Crippen molar-refractivity contribution >= 4 is 10.0 Å². The molecule has 2 aliphatic rings. The van der Waals surface area contributed by atoms with Gasteiger partial charge in [-0.1, -0.05) is 0 Å². The highest BCUT2D eigenvalue weighted by atomic mass is 32.2. The normalized spacial score (nSPS) is 40.9. The van der Waals surface area contributed by atoms with Gasteiger partial charge in [0.15, 0.2) is 0 Å². The Kier molecular flexibility index (Phi) is 2.13. The van der Waals surface area contributed by atoms with Crippen molar-refractivity contribution in [3.8, 4) is 0 Å². The number of hydrogen-bond donors (Lipinski definition) is 1. The van der Waals surface area contributed by atoms with Gasteiger partial charge in [-0.2, -0.15) is 0 Å². The van der Waals surface area contributed by atoms with E-state index in [-0.39, 0.29) is 17.9 Å². The minimum Gasteiger partial charge on any atom is -0.392 e. The van der Waals surface area contributed by atoms with E-state index < -0.39 is 10.0 Å². The monoisotopic (exact) mass is 205 g/mol. The minimum atomic E-state index is -3.05. The number of sulfonamides is 1. The van der Waals surface area contributed by atoms with Crippen LogP contribution in [0.3, 0.4) is 0 Å². The van der Waals surface area contributed by atoms with Gasteiger partial charge >= 0.3 is 0 Å². The van der Waals surface area contributed by atoms with Crippen LogP contribution in [0.5, 0.6) is 0 Å². The van der Waals surface area contributed by atoms with Crippen LogP contribution in [0.15, 0.2) is 0 Å². The molecule has 1 aliphatic carbocycles. The maximum atomic E-state index is 11.3. The van der Waals surface area contributed by atoms with Gasteiger partial charge in [-0.15, -0.1) is 0 Å². The molecule has 4 nitrogen and oxygen atoms in total.